The quantitative estimate of drug-likeness (QED) is 0.160. The van der Waals surface area contributed by atoms with E-state index in [1.807, 2.05) is 0 Å². The van der Waals surface area contributed by atoms with Crippen LogP contribution in [0.4, 0.5) is 0 Å². The number of fused-ring (bicyclic) bond motifs is 4. The van der Waals surface area contributed by atoms with E-state index in [4.69, 9.17) is 9.98 Å². The molecule has 0 radical (unpaired) electrons. The third-order valence-corrected chi connectivity index (χ3v) is 10.8. The van der Waals surface area contributed by atoms with Crippen LogP contribution in [0.1, 0.15) is 18.0 Å². The SMILES string of the molecule is C1=c2ccccc2=NC(c2ccc(-c3cc(-c4ccc(-c5ccccc5)cc4)nc4c3cc(-c3ccc(-c5ccccc5)cc3)c3ccccc34)cc2)C1. The van der Waals surface area contributed by atoms with E-state index in [1.54, 1.807) is 0 Å². The third-order valence-electron chi connectivity index (χ3n) is 10.8. The van der Waals surface area contributed by atoms with E-state index in [0.29, 0.717) is 0 Å². The van der Waals surface area contributed by atoms with Crippen LogP contribution in [0.15, 0.2) is 199 Å². The van der Waals surface area contributed by atoms with Gasteiger partial charge in [-0.3, -0.25) is 4.99 Å². The molecule has 1 unspecified atom stereocenters. The Balaban J connectivity index is 1.13. The molecule has 10 rings (SSSR count). The van der Waals surface area contributed by atoms with Crippen LogP contribution in [-0.4, -0.2) is 4.98 Å². The van der Waals surface area contributed by atoms with Gasteiger partial charge >= 0.3 is 0 Å². The van der Waals surface area contributed by atoms with Crippen LogP contribution in [-0.2, 0) is 0 Å². The Hall–Kier alpha value is -6.90. The second-order valence-electron chi connectivity index (χ2n) is 14.1. The molecule has 0 aliphatic carbocycles. The zero-order chi connectivity index (χ0) is 35.8. The van der Waals surface area contributed by atoms with Gasteiger partial charge in [0.25, 0.3) is 0 Å². The highest BCUT2D eigenvalue weighted by molar-refractivity contribution is 6.16. The molecular formula is C52H36N2. The Labute approximate surface area is 315 Å². The zero-order valence-corrected chi connectivity index (χ0v) is 29.7. The summed E-state index contributed by atoms with van der Waals surface area (Å²) in [6.45, 7) is 0. The number of hydrogen-bond acceptors (Lipinski definition) is 2. The average Bonchev–Trinajstić information content (AvgIpc) is 3.26. The Morgan fingerprint density at radius 3 is 1.56 bits per heavy atom. The van der Waals surface area contributed by atoms with Crippen LogP contribution in [0, 0.1) is 0 Å². The summed E-state index contributed by atoms with van der Waals surface area (Å²) in [7, 11) is 0. The van der Waals surface area contributed by atoms with E-state index < -0.39 is 0 Å². The van der Waals surface area contributed by atoms with Crippen molar-refractivity contribution >= 4 is 27.8 Å². The van der Waals surface area contributed by atoms with E-state index in [1.165, 1.54) is 55.1 Å². The molecule has 8 aromatic carbocycles. The summed E-state index contributed by atoms with van der Waals surface area (Å²) in [6.07, 6.45) is 3.21. The van der Waals surface area contributed by atoms with E-state index in [2.05, 4.69) is 200 Å². The molecule has 0 N–H and O–H groups in total. The predicted molar refractivity (Wildman–Crippen MR) is 225 cm³/mol. The van der Waals surface area contributed by atoms with Crippen molar-refractivity contribution < 1.29 is 0 Å². The van der Waals surface area contributed by atoms with Gasteiger partial charge in [-0.25, -0.2) is 4.98 Å². The fraction of sp³-hybridized carbons (Fsp3) is 0.0385. The second kappa shape index (κ2) is 13.6. The Bertz CT molecular complexity index is 2910. The van der Waals surface area contributed by atoms with Crippen molar-refractivity contribution in [2.45, 2.75) is 12.5 Å². The molecule has 9 aromatic rings. The fourth-order valence-corrected chi connectivity index (χ4v) is 7.95. The minimum atomic E-state index is 0.108. The minimum absolute atomic E-state index is 0.108. The van der Waals surface area contributed by atoms with Gasteiger partial charge in [0.1, 0.15) is 0 Å². The number of aromatic nitrogens is 1. The fourth-order valence-electron chi connectivity index (χ4n) is 7.95. The van der Waals surface area contributed by atoms with Gasteiger partial charge in [-0.15, -0.1) is 0 Å². The molecule has 0 saturated heterocycles. The summed E-state index contributed by atoms with van der Waals surface area (Å²) in [5.74, 6) is 0. The lowest BCUT2D eigenvalue weighted by Crippen LogP contribution is -2.28. The van der Waals surface area contributed by atoms with Crippen molar-refractivity contribution in [1.29, 1.82) is 0 Å². The number of hydrogen-bond donors (Lipinski definition) is 0. The van der Waals surface area contributed by atoms with Gasteiger partial charge < -0.3 is 0 Å². The molecule has 1 atom stereocenters. The molecule has 1 aliphatic heterocycles. The van der Waals surface area contributed by atoms with Crippen LogP contribution < -0.4 is 10.6 Å². The lowest BCUT2D eigenvalue weighted by Gasteiger charge is -2.17. The highest BCUT2D eigenvalue weighted by atomic mass is 14.8. The van der Waals surface area contributed by atoms with Crippen molar-refractivity contribution in [3.8, 4) is 55.8 Å². The topological polar surface area (TPSA) is 25.2 Å². The molecular weight excluding hydrogens is 653 g/mol. The van der Waals surface area contributed by atoms with E-state index in [0.717, 1.165) is 44.9 Å². The van der Waals surface area contributed by atoms with Crippen molar-refractivity contribution in [3.05, 3.63) is 210 Å². The van der Waals surface area contributed by atoms with Crippen LogP contribution in [0.3, 0.4) is 0 Å². The van der Waals surface area contributed by atoms with Crippen molar-refractivity contribution in [2.75, 3.05) is 0 Å². The first-order chi connectivity index (χ1) is 26.7. The third kappa shape index (κ3) is 5.88. The van der Waals surface area contributed by atoms with E-state index in [9.17, 15) is 0 Å². The minimum Gasteiger partial charge on any atom is -0.276 e. The molecule has 2 nitrogen and oxygen atoms in total. The molecule has 2 heteroatoms. The largest absolute Gasteiger partial charge is 0.276 e. The Morgan fingerprint density at radius 1 is 0.389 bits per heavy atom. The summed E-state index contributed by atoms with van der Waals surface area (Å²) < 4.78 is 0. The smallest absolute Gasteiger partial charge is 0.0794 e. The monoisotopic (exact) mass is 688 g/mol. The highest BCUT2D eigenvalue weighted by Crippen LogP contribution is 2.41. The Morgan fingerprint density at radius 2 is 0.889 bits per heavy atom. The molecule has 0 bridgehead atoms. The molecule has 1 aromatic heterocycles. The van der Waals surface area contributed by atoms with Gasteiger partial charge in [-0.1, -0.05) is 182 Å². The van der Waals surface area contributed by atoms with Crippen molar-refractivity contribution in [1.82, 2.24) is 4.98 Å². The molecule has 254 valence electrons. The van der Waals surface area contributed by atoms with E-state index >= 15 is 0 Å². The molecule has 0 spiro atoms. The number of rotatable bonds is 6. The van der Waals surface area contributed by atoms with Crippen LogP contribution in [0.5, 0.6) is 0 Å². The number of pyridine rings is 1. The van der Waals surface area contributed by atoms with Crippen LogP contribution in [0.25, 0.3) is 83.5 Å². The first-order valence-corrected chi connectivity index (χ1v) is 18.7. The van der Waals surface area contributed by atoms with Gasteiger partial charge in [-0.2, -0.15) is 0 Å². The van der Waals surface area contributed by atoms with Crippen molar-refractivity contribution in [2.24, 2.45) is 4.99 Å². The number of benzene rings is 8. The van der Waals surface area contributed by atoms with Crippen LogP contribution in [0.2, 0.25) is 0 Å². The number of para-hydroxylation sites is 1. The van der Waals surface area contributed by atoms with Crippen molar-refractivity contribution in [3.63, 3.8) is 0 Å². The normalized spacial score (nSPS) is 13.6. The summed E-state index contributed by atoms with van der Waals surface area (Å²) in [4.78, 5) is 10.6. The average molecular weight is 689 g/mol. The summed E-state index contributed by atoms with van der Waals surface area (Å²) in [5, 5.41) is 5.76. The zero-order valence-electron chi connectivity index (χ0n) is 29.7. The van der Waals surface area contributed by atoms with Gasteiger partial charge in [0.05, 0.1) is 22.6 Å². The summed E-state index contributed by atoms with van der Waals surface area (Å²) in [6, 6.07) is 69.8. The van der Waals surface area contributed by atoms with Gasteiger partial charge in [0.2, 0.25) is 0 Å². The molecule has 2 heterocycles. The maximum Gasteiger partial charge on any atom is 0.0794 e. The summed E-state index contributed by atoms with van der Waals surface area (Å²) >= 11 is 0. The van der Waals surface area contributed by atoms with Crippen LogP contribution >= 0.6 is 0 Å². The van der Waals surface area contributed by atoms with Gasteiger partial charge in [0, 0.05) is 16.3 Å². The maximum atomic E-state index is 5.44. The molecule has 0 fully saturated rings. The first kappa shape index (κ1) is 31.8. The summed E-state index contributed by atoms with van der Waals surface area (Å²) in [5.41, 5.74) is 13.8. The maximum absolute atomic E-state index is 5.44. The second-order valence-corrected chi connectivity index (χ2v) is 14.1. The standard InChI is InChI=1S/C52H36N2/c1-3-11-35(12-4-1)37-19-23-39(24-20-37)46-33-48-47(40-25-29-42(30-26-40)50-32-31-41-15-7-10-18-49(41)53-50)34-51(54-52(48)45-17-9-8-16-44(45)46)43-27-21-38(22-28-43)36-13-5-2-6-14-36/h1-31,33-34,50H,32H2. The molecule has 1 aliphatic rings. The van der Waals surface area contributed by atoms with Gasteiger partial charge in [0.15, 0.2) is 0 Å². The first-order valence-electron chi connectivity index (χ1n) is 18.7. The highest BCUT2D eigenvalue weighted by Gasteiger charge is 2.18. The predicted octanol–water partition coefficient (Wildman–Crippen LogP) is 12.3. The van der Waals surface area contributed by atoms with E-state index in [-0.39, 0.29) is 6.04 Å². The van der Waals surface area contributed by atoms with Gasteiger partial charge in [-0.05, 0) is 85.3 Å². The number of nitrogens with zero attached hydrogens (tertiary/aromatic N) is 2. The molecule has 54 heavy (non-hydrogen) atoms. The Kier molecular flexibility index (Phi) is 8.00. The molecule has 0 saturated carbocycles. The lowest BCUT2D eigenvalue weighted by molar-refractivity contribution is 0.723. The lowest BCUT2D eigenvalue weighted by atomic mass is 9.90. The molecule has 0 amide bonds.